The minimum Gasteiger partial charge on any atom is -0.316 e. The van der Waals surface area contributed by atoms with Crippen molar-refractivity contribution in [3.8, 4) is 0 Å². The molecule has 1 heterocycles. The Hall–Kier alpha value is -0.270. The van der Waals surface area contributed by atoms with Gasteiger partial charge in [0, 0.05) is 11.4 Å². The van der Waals surface area contributed by atoms with Crippen molar-refractivity contribution < 1.29 is 8.42 Å². The number of hydrogen-bond acceptors (Lipinski definition) is 4. The van der Waals surface area contributed by atoms with Gasteiger partial charge in [-0.1, -0.05) is 11.6 Å². The highest BCUT2D eigenvalue weighted by molar-refractivity contribution is 7.98. The number of nitrogens with one attached hydrogen (secondary N) is 2. The normalized spacial score (nSPS) is 19.4. The Morgan fingerprint density at radius 1 is 1.50 bits per heavy atom. The van der Waals surface area contributed by atoms with Crippen LogP contribution in [0.2, 0.25) is 5.02 Å². The summed E-state index contributed by atoms with van der Waals surface area (Å²) in [6.07, 6.45) is 3.89. The predicted molar refractivity (Wildman–Crippen MR) is 84.0 cm³/mol. The molecule has 112 valence electrons. The van der Waals surface area contributed by atoms with Crippen LogP contribution in [0.4, 0.5) is 0 Å². The molecule has 1 atom stereocenters. The van der Waals surface area contributed by atoms with Crippen LogP contribution in [-0.4, -0.2) is 34.3 Å². The molecule has 1 saturated heterocycles. The van der Waals surface area contributed by atoms with E-state index in [1.54, 1.807) is 12.1 Å². The van der Waals surface area contributed by atoms with E-state index < -0.39 is 10.0 Å². The van der Waals surface area contributed by atoms with Crippen molar-refractivity contribution >= 4 is 33.4 Å². The lowest BCUT2D eigenvalue weighted by Crippen LogP contribution is -2.26. The summed E-state index contributed by atoms with van der Waals surface area (Å²) >= 11 is 7.55. The van der Waals surface area contributed by atoms with Gasteiger partial charge in [0.05, 0.1) is 9.92 Å². The highest BCUT2D eigenvalue weighted by atomic mass is 35.5. The van der Waals surface area contributed by atoms with Crippen molar-refractivity contribution in [2.24, 2.45) is 5.92 Å². The van der Waals surface area contributed by atoms with Crippen molar-refractivity contribution in [1.82, 2.24) is 10.0 Å². The number of rotatable bonds is 6. The van der Waals surface area contributed by atoms with Gasteiger partial charge < -0.3 is 5.32 Å². The topological polar surface area (TPSA) is 58.2 Å². The van der Waals surface area contributed by atoms with E-state index in [0.29, 0.717) is 17.5 Å². The number of thioether (sulfide) groups is 1. The van der Waals surface area contributed by atoms with Gasteiger partial charge in [0.25, 0.3) is 0 Å². The Morgan fingerprint density at radius 2 is 2.30 bits per heavy atom. The molecule has 4 nitrogen and oxygen atoms in total. The lowest BCUT2D eigenvalue weighted by molar-refractivity contribution is 0.519. The fraction of sp³-hybridized carbons (Fsp3) is 0.538. The first kappa shape index (κ1) is 16.1. The van der Waals surface area contributed by atoms with Crippen LogP contribution < -0.4 is 10.0 Å². The molecule has 0 bridgehead atoms. The second-order valence-electron chi connectivity index (χ2n) is 4.84. The molecule has 0 aliphatic carbocycles. The SMILES string of the molecule is CSc1ccc(S(=O)(=O)NCCC2CCNC2)cc1Cl. The van der Waals surface area contributed by atoms with Gasteiger partial charge in [0.2, 0.25) is 10.0 Å². The van der Waals surface area contributed by atoms with Gasteiger partial charge in [-0.25, -0.2) is 13.1 Å². The first-order chi connectivity index (χ1) is 9.53. The van der Waals surface area contributed by atoms with Gasteiger partial charge in [0.15, 0.2) is 0 Å². The standard InChI is InChI=1S/C13H19ClN2O2S2/c1-19-13-3-2-11(8-12(13)14)20(17,18)16-7-5-10-4-6-15-9-10/h2-3,8,10,15-16H,4-7,9H2,1H3. The molecule has 2 rings (SSSR count). The maximum Gasteiger partial charge on any atom is 0.240 e. The van der Waals surface area contributed by atoms with Crippen LogP contribution in [-0.2, 0) is 10.0 Å². The van der Waals surface area contributed by atoms with Crippen molar-refractivity contribution in [3.05, 3.63) is 23.2 Å². The van der Waals surface area contributed by atoms with E-state index in [2.05, 4.69) is 10.0 Å². The predicted octanol–water partition coefficient (Wildman–Crippen LogP) is 2.34. The fourth-order valence-electron chi connectivity index (χ4n) is 2.26. The molecule has 2 N–H and O–H groups in total. The minimum absolute atomic E-state index is 0.227. The fourth-order valence-corrected chi connectivity index (χ4v) is 4.26. The van der Waals surface area contributed by atoms with E-state index >= 15 is 0 Å². The molecule has 1 fully saturated rings. The number of sulfonamides is 1. The average molecular weight is 335 g/mol. The Bertz CT molecular complexity index is 557. The van der Waals surface area contributed by atoms with E-state index in [0.717, 1.165) is 30.8 Å². The number of benzene rings is 1. The molecule has 7 heteroatoms. The van der Waals surface area contributed by atoms with Crippen LogP contribution >= 0.6 is 23.4 Å². The van der Waals surface area contributed by atoms with Crippen molar-refractivity contribution in [1.29, 1.82) is 0 Å². The van der Waals surface area contributed by atoms with Crippen LogP contribution in [0.3, 0.4) is 0 Å². The molecule has 1 unspecified atom stereocenters. The number of hydrogen-bond donors (Lipinski definition) is 2. The molecule has 1 aliphatic heterocycles. The van der Waals surface area contributed by atoms with E-state index in [1.807, 2.05) is 6.26 Å². The van der Waals surface area contributed by atoms with Crippen molar-refractivity contribution in [2.45, 2.75) is 22.6 Å². The van der Waals surface area contributed by atoms with Crippen LogP contribution in [0.5, 0.6) is 0 Å². The lowest BCUT2D eigenvalue weighted by Gasteiger charge is -2.11. The molecule has 0 saturated carbocycles. The van der Waals surface area contributed by atoms with Gasteiger partial charge in [-0.3, -0.25) is 0 Å². The molecule has 1 aromatic rings. The molecule has 1 aliphatic rings. The molecule has 0 aromatic heterocycles. The molecule has 0 spiro atoms. The van der Waals surface area contributed by atoms with E-state index in [4.69, 9.17) is 11.6 Å². The summed E-state index contributed by atoms with van der Waals surface area (Å²) in [5, 5.41) is 3.75. The zero-order valence-electron chi connectivity index (χ0n) is 11.4. The summed E-state index contributed by atoms with van der Waals surface area (Å²) < 4.78 is 27.0. The summed E-state index contributed by atoms with van der Waals surface area (Å²) in [6.45, 7) is 2.48. The van der Waals surface area contributed by atoms with Gasteiger partial charge in [-0.15, -0.1) is 11.8 Å². The van der Waals surface area contributed by atoms with Crippen molar-refractivity contribution in [3.63, 3.8) is 0 Å². The van der Waals surface area contributed by atoms with E-state index in [-0.39, 0.29) is 4.90 Å². The van der Waals surface area contributed by atoms with Gasteiger partial charge in [0.1, 0.15) is 0 Å². The zero-order chi connectivity index (χ0) is 14.6. The maximum atomic E-state index is 12.2. The quantitative estimate of drug-likeness (QED) is 0.784. The van der Waals surface area contributed by atoms with E-state index in [9.17, 15) is 8.42 Å². The summed E-state index contributed by atoms with van der Waals surface area (Å²) in [4.78, 5) is 1.10. The van der Waals surface area contributed by atoms with Crippen molar-refractivity contribution in [2.75, 3.05) is 25.9 Å². The summed E-state index contributed by atoms with van der Waals surface area (Å²) in [5.74, 6) is 0.570. The molecule has 1 aromatic carbocycles. The molecular formula is C13H19ClN2O2S2. The first-order valence-electron chi connectivity index (χ1n) is 6.57. The molecule has 0 radical (unpaired) electrons. The molecule has 0 amide bonds. The monoisotopic (exact) mass is 334 g/mol. The van der Waals surface area contributed by atoms with Crippen LogP contribution in [0.25, 0.3) is 0 Å². The van der Waals surface area contributed by atoms with Gasteiger partial charge >= 0.3 is 0 Å². The Balaban J connectivity index is 1.96. The number of halogens is 1. The van der Waals surface area contributed by atoms with E-state index in [1.165, 1.54) is 17.8 Å². The molecular weight excluding hydrogens is 316 g/mol. The maximum absolute atomic E-state index is 12.2. The smallest absolute Gasteiger partial charge is 0.240 e. The third-order valence-electron chi connectivity index (χ3n) is 3.44. The van der Waals surface area contributed by atoms with Crippen LogP contribution in [0, 0.1) is 5.92 Å². The first-order valence-corrected chi connectivity index (χ1v) is 9.65. The third kappa shape index (κ3) is 4.11. The highest BCUT2D eigenvalue weighted by Crippen LogP contribution is 2.27. The molecule has 20 heavy (non-hydrogen) atoms. The Labute approximate surface area is 129 Å². The summed E-state index contributed by atoms with van der Waals surface area (Å²) in [5.41, 5.74) is 0. The zero-order valence-corrected chi connectivity index (χ0v) is 13.7. The Kier molecular flexibility index (Phi) is 5.74. The Morgan fingerprint density at radius 3 is 2.90 bits per heavy atom. The average Bonchev–Trinajstić information content (AvgIpc) is 2.91. The second-order valence-corrected chi connectivity index (χ2v) is 7.86. The van der Waals surface area contributed by atoms with Crippen LogP contribution in [0.15, 0.2) is 28.0 Å². The van der Waals surface area contributed by atoms with Gasteiger partial charge in [-0.2, -0.15) is 0 Å². The largest absolute Gasteiger partial charge is 0.316 e. The van der Waals surface area contributed by atoms with Gasteiger partial charge in [-0.05, 0) is 56.3 Å². The summed E-state index contributed by atoms with van der Waals surface area (Å²) in [7, 11) is -3.46. The summed E-state index contributed by atoms with van der Waals surface area (Å²) in [6, 6.07) is 4.84. The van der Waals surface area contributed by atoms with Crippen LogP contribution in [0.1, 0.15) is 12.8 Å². The third-order valence-corrected chi connectivity index (χ3v) is 6.12. The highest BCUT2D eigenvalue weighted by Gasteiger charge is 2.18. The minimum atomic E-state index is -3.46. The lowest BCUT2D eigenvalue weighted by atomic mass is 10.1. The second kappa shape index (κ2) is 7.13.